The molecule has 1 N–H and O–H groups in total. The normalized spacial score (nSPS) is 18.4. The third-order valence-corrected chi connectivity index (χ3v) is 7.64. The number of halogens is 3. The Bertz CT molecular complexity index is 1270. The highest BCUT2D eigenvalue weighted by Crippen LogP contribution is 2.36. The van der Waals surface area contributed by atoms with Crippen LogP contribution in [0.2, 0.25) is 0 Å². The van der Waals surface area contributed by atoms with Crippen molar-refractivity contribution in [1.82, 2.24) is 29.6 Å². The molecule has 5 rings (SSSR count). The molecule has 1 atom stereocenters. The molecule has 0 aromatic carbocycles. The number of fused-ring (bicyclic) bond motifs is 2. The second-order valence-corrected chi connectivity index (χ2v) is 10.7. The molecule has 5 heterocycles. The third kappa shape index (κ3) is 4.72. The Labute approximate surface area is 210 Å². The van der Waals surface area contributed by atoms with E-state index < -0.39 is 12.0 Å². The lowest BCUT2D eigenvalue weighted by Gasteiger charge is -2.29. The molecular formula is C23H29F3N8OS. The summed E-state index contributed by atoms with van der Waals surface area (Å²) in [6.45, 7) is 7.82. The van der Waals surface area contributed by atoms with Crippen LogP contribution in [0, 0.1) is 5.92 Å². The zero-order valence-electron chi connectivity index (χ0n) is 20.5. The molecule has 3 aromatic heterocycles. The number of nitrogens with one attached hydrogen (secondary N) is 1. The summed E-state index contributed by atoms with van der Waals surface area (Å²) in [7, 11) is 0. The number of alkyl halides is 3. The minimum atomic E-state index is -4.54. The molecule has 1 unspecified atom stereocenters. The van der Waals surface area contributed by atoms with Crippen molar-refractivity contribution in [2.75, 3.05) is 29.9 Å². The van der Waals surface area contributed by atoms with Gasteiger partial charge in [0.1, 0.15) is 10.6 Å². The van der Waals surface area contributed by atoms with E-state index in [0.29, 0.717) is 31.4 Å². The standard InChI is InChI=1S/C23H29F3N8OS/c1-4-5-15-10-16-18(32-8-9-34-17(12-32)30-31-21(34)23(24,25)26)28-22(29-19(16)36-15)27-14-6-7-33(11-14)20(35)13(2)3/h10,13-14H,4-9,11-12H2,1-3H3,(H,27,28,29). The molecule has 1 saturated heterocycles. The Hall–Kier alpha value is -2.96. The van der Waals surface area contributed by atoms with Crippen LogP contribution in [0.4, 0.5) is 24.9 Å². The fraction of sp³-hybridized carbons (Fsp3) is 0.609. The van der Waals surface area contributed by atoms with Gasteiger partial charge < -0.3 is 19.7 Å². The Balaban J connectivity index is 1.44. The summed E-state index contributed by atoms with van der Waals surface area (Å²) in [5.41, 5.74) is 0. The highest BCUT2D eigenvalue weighted by atomic mass is 32.1. The Morgan fingerprint density at radius 2 is 2.03 bits per heavy atom. The molecule has 3 aromatic rings. The number of thiophene rings is 1. The zero-order valence-corrected chi connectivity index (χ0v) is 21.3. The number of carbonyl (C=O) groups excluding carboxylic acids is 1. The fourth-order valence-electron chi connectivity index (χ4n) is 4.81. The minimum Gasteiger partial charge on any atom is -0.350 e. The van der Waals surface area contributed by atoms with Crippen LogP contribution in [-0.2, 0) is 30.5 Å². The number of anilines is 2. The predicted molar refractivity (Wildman–Crippen MR) is 131 cm³/mol. The van der Waals surface area contributed by atoms with E-state index in [-0.39, 0.29) is 36.8 Å². The van der Waals surface area contributed by atoms with Gasteiger partial charge in [0.25, 0.3) is 0 Å². The van der Waals surface area contributed by atoms with Gasteiger partial charge in [-0.25, -0.2) is 4.98 Å². The van der Waals surface area contributed by atoms with Gasteiger partial charge in [0.2, 0.25) is 17.7 Å². The highest BCUT2D eigenvalue weighted by molar-refractivity contribution is 7.18. The van der Waals surface area contributed by atoms with Crippen molar-refractivity contribution in [3.8, 4) is 0 Å². The average molecular weight is 523 g/mol. The van der Waals surface area contributed by atoms with E-state index in [0.717, 1.165) is 34.0 Å². The largest absolute Gasteiger partial charge is 0.451 e. The van der Waals surface area contributed by atoms with E-state index in [1.54, 1.807) is 11.3 Å². The highest BCUT2D eigenvalue weighted by Gasteiger charge is 2.40. The van der Waals surface area contributed by atoms with Gasteiger partial charge >= 0.3 is 6.18 Å². The number of rotatable bonds is 6. The number of nitrogens with zero attached hydrogens (tertiary/aromatic N) is 7. The molecule has 0 spiro atoms. The molecule has 13 heteroatoms. The molecule has 0 aliphatic carbocycles. The maximum atomic E-state index is 13.3. The van der Waals surface area contributed by atoms with E-state index in [1.165, 1.54) is 4.88 Å². The Morgan fingerprint density at radius 3 is 2.75 bits per heavy atom. The number of aromatic nitrogens is 5. The molecule has 1 fully saturated rings. The summed E-state index contributed by atoms with van der Waals surface area (Å²) in [5, 5.41) is 11.5. The first-order valence-corrected chi connectivity index (χ1v) is 13.1. The van der Waals surface area contributed by atoms with Crippen LogP contribution in [-0.4, -0.2) is 61.2 Å². The maximum absolute atomic E-state index is 13.3. The van der Waals surface area contributed by atoms with Crippen molar-refractivity contribution < 1.29 is 18.0 Å². The SMILES string of the molecule is CCCc1cc2c(N3CCn4c(nnc4C(F)(F)F)C3)nc(NC3CCN(C(=O)C(C)C)C3)nc2s1. The van der Waals surface area contributed by atoms with Gasteiger partial charge in [-0.05, 0) is 18.9 Å². The molecular weight excluding hydrogens is 493 g/mol. The van der Waals surface area contributed by atoms with Crippen molar-refractivity contribution in [2.24, 2.45) is 5.92 Å². The molecule has 1 amide bonds. The summed E-state index contributed by atoms with van der Waals surface area (Å²) in [5.74, 6) is 0.526. The third-order valence-electron chi connectivity index (χ3n) is 6.55. The van der Waals surface area contributed by atoms with Gasteiger partial charge in [0.05, 0.1) is 11.9 Å². The van der Waals surface area contributed by atoms with Crippen molar-refractivity contribution in [1.29, 1.82) is 0 Å². The van der Waals surface area contributed by atoms with E-state index in [9.17, 15) is 18.0 Å². The molecule has 2 aliphatic rings. The molecule has 36 heavy (non-hydrogen) atoms. The summed E-state index contributed by atoms with van der Waals surface area (Å²) < 4.78 is 41.0. The van der Waals surface area contributed by atoms with Crippen molar-refractivity contribution in [3.05, 3.63) is 22.6 Å². The van der Waals surface area contributed by atoms with Crippen molar-refractivity contribution in [2.45, 2.75) is 65.3 Å². The van der Waals surface area contributed by atoms with Crippen LogP contribution in [0.25, 0.3) is 10.2 Å². The van der Waals surface area contributed by atoms with Gasteiger partial charge in [-0.3, -0.25) is 4.79 Å². The summed E-state index contributed by atoms with van der Waals surface area (Å²) >= 11 is 1.61. The smallest absolute Gasteiger partial charge is 0.350 e. The van der Waals surface area contributed by atoms with Crippen molar-refractivity contribution in [3.63, 3.8) is 0 Å². The number of hydrogen-bond acceptors (Lipinski definition) is 8. The van der Waals surface area contributed by atoms with E-state index in [4.69, 9.17) is 9.97 Å². The van der Waals surface area contributed by atoms with Crippen LogP contribution in [0.1, 0.15) is 50.1 Å². The predicted octanol–water partition coefficient (Wildman–Crippen LogP) is 3.94. The lowest BCUT2D eigenvalue weighted by atomic mass is 10.2. The van der Waals surface area contributed by atoms with Crippen LogP contribution < -0.4 is 10.2 Å². The van der Waals surface area contributed by atoms with Crippen LogP contribution >= 0.6 is 11.3 Å². The fourth-order valence-corrected chi connectivity index (χ4v) is 5.93. The molecule has 194 valence electrons. The van der Waals surface area contributed by atoms with Crippen LogP contribution in [0.3, 0.4) is 0 Å². The van der Waals surface area contributed by atoms with Gasteiger partial charge in [-0.1, -0.05) is 27.2 Å². The minimum absolute atomic E-state index is 0.0341. The first-order valence-electron chi connectivity index (χ1n) is 12.2. The Kier molecular flexibility index (Phi) is 6.52. The quantitative estimate of drug-likeness (QED) is 0.524. The van der Waals surface area contributed by atoms with Gasteiger partial charge in [0, 0.05) is 43.0 Å². The first kappa shape index (κ1) is 24.7. The summed E-state index contributed by atoms with van der Waals surface area (Å²) in [4.78, 5) is 27.8. The second kappa shape index (κ2) is 9.49. The summed E-state index contributed by atoms with van der Waals surface area (Å²) in [6.07, 6.45) is -1.83. The van der Waals surface area contributed by atoms with Crippen LogP contribution in [0.5, 0.6) is 0 Å². The lowest BCUT2D eigenvalue weighted by molar-refractivity contribution is -0.147. The molecule has 2 aliphatic heterocycles. The van der Waals surface area contributed by atoms with E-state index >= 15 is 0 Å². The number of aryl methyl sites for hydroxylation is 1. The van der Waals surface area contributed by atoms with Crippen LogP contribution in [0.15, 0.2) is 6.07 Å². The zero-order chi connectivity index (χ0) is 25.6. The molecule has 0 bridgehead atoms. The van der Waals surface area contributed by atoms with E-state index in [2.05, 4.69) is 28.5 Å². The number of amides is 1. The van der Waals surface area contributed by atoms with E-state index in [1.807, 2.05) is 23.6 Å². The topological polar surface area (TPSA) is 92.1 Å². The number of hydrogen-bond donors (Lipinski definition) is 1. The molecule has 9 nitrogen and oxygen atoms in total. The van der Waals surface area contributed by atoms with Crippen molar-refractivity contribution >= 4 is 39.2 Å². The molecule has 0 radical (unpaired) electrons. The second-order valence-electron chi connectivity index (χ2n) is 9.63. The number of likely N-dealkylation sites (tertiary alicyclic amines) is 1. The maximum Gasteiger partial charge on any atom is 0.451 e. The Morgan fingerprint density at radius 1 is 1.22 bits per heavy atom. The van der Waals surface area contributed by atoms with Gasteiger partial charge in [-0.15, -0.1) is 21.5 Å². The monoisotopic (exact) mass is 522 g/mol. The lowest BCUT2D eigenvalue weighted by Crippen LogP contribution is -2.36. The average Bonchev–Trinajstić information content (AvgIpc) is 3.55. The first-order chi connectivity index (χ1) is 17.1. The number of carbonyl (C=O) groups is 1. The summed E-state index contributed by atoms with van der Waals surface area (Å²) in [6, 6.07) is 2.12. The van der Waals surface area contributed by atoms with Gasteiger partial charge in [-0.2, -0.15) is 18.2 Å². The molecule has 0 saturated carbocycles. The van der Waals surface area contributed by atoms with Gasteiger partial charge in [0.15, 0.2) is 5.82 Å².